The zero-order valence-electron chi connectivity index (χ0n) is 6.07. The summed E-state index contributed by atoms with van der Waals surface area (Å²) in [6, 6.07) is 1.45. The first-order valence-corrected chi connectivity index (χ1v) is 4.53. The molecule has 1 N–H and O–H groups in total. The number of ether oxygens (including phenoxy) is 1. The van der Waals surface area contributed by atoms with Crippen LogP contribution in [0, 0.1) is 0 Å². The van der Waals surface area contributed by atoms with Crippen molar-refractivity contribution in [2.45, 2.75) is 0 Å². The third kappa shape index (κ3) is 1.63. The molecule has 0 spiro atoms. The highest BCUT2D eigenvalue weighted by molar-refractivity contribution is 9.10. The van der Waals surface area contributed by atoms with Gasteiger partial charge in [0, 0.05) is 6.07 Å². The number of halogens is 3. The van der Waals surface area contributed by atoms with E-state index in [0.717, 1.165) is 0 Å². The van der Waals surface area contributed by atoms with Gasteiger partial charge in [0.25, 0.3) is 0 Å². The van der Waals surface area contributed by atoms with Gasteiger partial charge in [-0.25, -0.2) is 0 Å². The largest absolute Gasteiger partial charge is 0.505 e. The van der Waals surface area contributed by atoms with Crippen LogP contribution in [-0.4, -0.2) is 12.2 Å². The van der Waals surface area contributed by atoms with Crippen LogP contribution in [0.4, 0.5) is 0 Å². The third-order valence-electron chi connectivity index (χ3n) is 1.32. The summed E-state index contributed by atoms with van der Waals surface area (Å²) < 4.78 is 5.25. The standard InChI is InChI=1S/C7H5BrCl2O2/c1-12-4-2-3(9)7(11)5(8)6(4)10/h2,11H,1H3. The van der Waals surface area contributed by atoms with E-state index in [-0.39, 0.29) is 10.8 Å². The summed E-state index contributed by atoms with van der Waals surface area (Å²) >= 11 is 14.5. The Morgan fingerprint density at radius 1 is 1.50 bits per heavy atom. The Labute approximate surface area is 88.2 Å². The molecule has 66 valence electrons. The topological polar surface area (TPSA) is 29.5 Å². The minimum Gasteiger partial charge on any atom is -0.505 e. The summed E-state index contributed by atoms with van der Waals surface area (Å²) in [5.74, 6) is 0.341. The van der Waals surface area contributed by atoms with Crippen LogP contribution >= 0.6 is 39.1 Å². The van der Waals surface area contributed by atoms with Crippen molar-refractivity contribution in [2.75, 3.05) is 7.11 Å². The van der Waals surface area contributed by atoms with Crippen molar-refractivity contribution in [3.63, 3.8) is 0 Å². The van der Waals surface area contributed by atoms with Crippen molar-refractivity contribution in [1.29, 1.82) is 0 Å². The van der Waals surface area contributed by atoms with Crippen molar-refractivity contribution in [3.05, 3.63) is 20.6 Å². The maximum absolute atomic E-state index is 9.29. The number of phenolic OH excluding ortho intramolecular Hbond substituents is 1. The molecule has 0 aliphatic heterocycles. The number of rotatable bonds is 1. The first-order chi connectivity index (χ1) is 5.57. The average molecular weight is 272 g/mol. The van der Waals surface area contributed by atoms with E-state index >= 15 is 0 Å². The molecule has 0 amide bonds. The average Bonchev–Trinajstić information content (AvgIpc) is 2.08. The molecule has 0 aliphatic rings. The summed E-state index contributed by atoms with van der Waals surface area (Å²) in [6.45, 7) is 0. The van der Waals surface area contributed by atoms with Crippen LogP contribution in [0.5, 0.6) is 11.5 Å². The Morgan fingerprint density at radius 3 is 2.58 bits per heavy atom. The smallest absolute Gasteiger partial charge is 0.150 e. The summed E-state index contributed by atoms with van der Waals surface area (Å²) in [4.78, 5) is 0. The highest BCUT2D eigenvalue weighted by atomic mass is 79.9. The van der Waals surface area contributed by atoms with Crippen molar-refractivity contribution in [3.8, 4) is 11.5 Å². The Bertz CT molecular complexity index is 315. The van der Waals surface area contributed by atoms with Crippen molar-refractivity contribution >= 4 is 39.1 Å². The number of aromatic hydroxyl groups is 1. The van der Waals surface area contributed by atoms with E-state index in [1.807, 2.05) is 0 Å². The maximum Gasteiger partial charge on any atom is 0.150 e. The number of phenols is 1. The molecule has 0 unspecified atom stereocenters. The van der Waals surface area contributed by atoms with Crippen molar-refractivity contribution in [1.82, 2.24) is 0 Å². The minimum atomic E-state index is -0.0810. The predicted molar refractivity (Wildman–Crippen MR) is 52.4 cm³/mol. The van der Waals surface area contributed by atoms with Gasteiger partial charge in [0.15, 0.2) is 0 Å². The van der Waals surface area contributed by atoms with Crippen LogP contribution in [0.25, 0.3) is 0 Å². The molecule has 0 saturated carbocycles. The van der Waals surface area contributed by atoms with E-state index in [4.69, 9.17) is 27.9 Å². The van der Waals surface area contributed by atoms with E-state index in [1.165, 1.54) is 13.2 Å². The number of hydrogen-bond donors (Lipinski definition) is 1. The highest BCUT2D eigenvalue weighted by Crippen LogP contribution is 2.43. The number of benzene rings is 1. The second-order valence-electron chi connectivity index (χ2n) is 2.04. The first-order valence-electron chi connectivity index (χ1n) is 2.98. The fraction of sp³-hybridized carbons (Fsp3) is 0.143. The van der Waals surface area contributed by atoms with Gasteiger partial charge in [-0.15, -0.1) is 0 Å². The predicted octanol–water partition coefficient (Wildman–Crippen LogP) is 3.47. The zero-order valence-corrected chi connectivity index (χ0v) is 9.16. The van der Waals surface area contributed by atoms with Crippen LogP contribution in [0.2, 0.25) is 10.0 Å². The minimum absolute atomic E-state index is 0.0810. The fourth-order valence-corrected chi connectivity index (χ4v) is 1.65. The first kappa shape index (κ1) is 9.96. The van der Waals surface area contributed by atoms with E-state index in [1.54, 1.807) is 0 Å². The summed E-state index contributed by atoms with van der Waals surface area (Å²) in [7, 11) is 1.47. The molecule has 1 aromatic rings. The quantitative estimate of drug-likeness (QED) is 0.793. The summed E-state index contributed by atoms with van der Waals surface area (Å²) in [5.41, 5.74) is 0. The Kier molecular flexibility index (Phi) is 3.09. The van der Waals surface area contributed by atoms with E-state index in [0.29, 0.717) is 15.2 Å². The third-order valence-corrected chi connectivity index (χ3v) is 2.98. The van der Waals surface area contributed by atoms with E-state index < -0.39 is 0 Å². The molecular weight excluding hydrogens is 267 g/mol. The Balaban J connectivity index is 3.39. The second kappa shape index (κ2) is 3.73. The van der Waals surface area contributed by atoms with Gasteiger partial charge in [-0.1, -0.05) is 23.2 Å². The molecular formula is C7H5BrCl2O2. The molecule has 12 heavy (non-hydrogen) atoms. The molecule has 0 radical (unpaired) electrons. The number of methoxy groups -OCH3 is 1. The molecule has 0 atom stereocenters. The van der Waals surface area contributed by atoms with Crippen LogP contribution in [0.15, 0.2) is 10.5 Å². The molecule has 1 rings (SSSR count). The molecule has 0 saturated heterocycles. The van der Waals surface area contributed by atoms with Crippen LogP contribution in [-0.2, 0) is 0 Å². The Morgan fingerprint density at radius 2 is 2.08 bits per heavy atom. The highest BCUT2D eigenvalue weighted by Gasteiger charge is 2.13. The van der Waals surface area contributed by atoms with Gasteiger partial charge in [0.1, 0.15) is 16.5 Å². The summed E-state index contributed by atoms with van der Waals surface area (Å²) in [6.07, 6.45) is 0. The molecule has 0 bridgehead atoms. The SMILES string of the molecule is COc1cc(Cl)c(O)c(Br)c1Cl. The van der Waals surface area contributed by atoms with Gasteiger partial charge >= 0.3 is 0 Å². The van der Waals surface area contributed by atoms with Crippen LogP contribution in [0.1, 0.15) is 0 Å². The van der Waals surface area contributed by atoms with Gasteiger partial charge in [-0.3, -0.25) is 0 Å². The molecule has 2 nitrogen and oxygen atoms in total. The van der Waals surface area contributed by atoms with E-state index in [9.17, 15) is 5.11 Å². The lowest BCUT2D eigenvalue weighted by Crippen LogP contribution is -1.85. The van der Waals surface area contributed by atoms with Gasteiger partial charge in [0.05, 0.1) is 16.6 Å². The summed E-state index contributed by atoms with van der Waals surface area (Å²) in [5, 5.41) is 9.79. The monoisotopic (exact) mass is 270 g/mol. The molecule has 0 fully saturated rings. The lowest BCUT2D eigenvalue weighted by atomic mass is 10.3. The van der Waals surface area contributed by atoms with E-state index in [2.05, 4.69) is 15.9 Å². The zero-order chi connectivity index (χ0) is 9.30. The van der Waals surface area contributed by atoms with Gasteiger partial charge in [-0.2, -0.15) is 0 Å². The molecule has 0 aliphatic carbocycles. The molecule has 0 heterocycles. The second-order valence-corrected chi connectivity index (χ2v) is 3.62. The lowest BCUT2D eigenvalue weighted by Gasteiger charge is -2.07. The molecule has 5 heteroatoms. The fourth-order valence-electron chi connectivity index (χ4n) is 0.712. The normalized spacial score (nSPS) is 10.0. The maximum atomic E-state index is 9.29. The van der Waals surface area contributed by atoms with Gasteiger partial charge in [-0.05, 0) is 15.9 Å². The van der Waals surface area contributed by atoms with Crippen LogP contribution in [0.3, 0.4) is 0 Å². The number of hydrogen-bond acceptors (Lipinski definition) is 2. The van der Waals surface area contributed by atoms with Crippen LogP contribution < -0.4 is 4.74 Å². The molecule has 0 aromatic heterocycles. The van der Waals surface area contributed by atoms with Gasteiger partial charge in [0.2, 0.25) is 0 Å². The van der Waals surface area contributed by atoms with Crippen molar-refractivity contribution < 1.29 is 9.84 Å². The van der Waals surface area contributed by atoms with Crippen molar-refractivity contribution in [2.24, 2.45) is 0 Å². The Hall–Kier alpha value is -0.120. The van der Waals surface area contributed by atoms with Gasteiger partial charge < -0.3 is 9.84 Å². The molecule has 1 aromatic carbocycles. The lowest BCUT2D eigenvalue weighted by molar-refractivity contribution is 0.412.